The molecule has 2 amide bonds. The minimum Gasteiger partial charge on any atom is -0.496 e. The Bertz CT molecular complexity index is 822. The number of ether oxygens (including phenoxy) is 1. The first-order chi connectivity index (χ1) is 13.1. The van der Waals surface area contributed by atoms with Crippen LogP contribution in [-0.2, 0) is 16.1 Å². The Labute approximate surface area is 159 Å². The van der Waals surface area contributed by atoms with Crippen LogP contribution in [0, 0.1) is 0 Å². The summed E-state index contributed by atoms with van der Waals surface area (Å²) < 4.78 is 5.36. The smallest absolute Gasteiger partial charge is 0.238 e. The molecule has 0 aliphatic carbocycles. The number of carbonyl (C=O) groups excluding carboxylic acids is 2. The largest absolute Gasteiger partial charge is 0.496 e. The predicted molar refractivity (Wildman–Crippen MR) is 106 cm³/mol. The van der Waals surface area contributed by atoms with Crippen molar-refractivity contribution in [2.75, 3.05) is 37.5 Å². The Morgan fingerprint density at radius 2 is 2.04 bits per heavy atom. The van der Waals surface area contributed by atoms with Crippen LogP contribution in [0.25, 0.3) is 0 Å². The number of rotatable bonds is 7. The summed E-state index contributed by atoms with van der Waals surface area (Å²) in [7, 11) is 3.54. The van der Waals surface area contributed by atoms with E-state index < -0.39 is 0 Å². The molecular weight excluding hydrogens is 342 g/mol. The second-order valence-electron chi connectivity index (χ2n) is 6.73. The summed E-state index contributed by atoms with van der Waals surface area (Å²) >= 11 is 0. The maximum atomic E-state index is 12.4. The topological polar surface area (TPSA) is 61.9 Å². The van der Waals surface area contributed by atoms with Gasteiger partial charge in [-0.2, -0.15) is 0 Å². The van der Waals surface area contributed by atoms with Crippen LogP contribution >= 0.6 is 0 Å². The van der Waals surface area contributed by atoms with Crippen LogP contribution in [0.4, 0.5) is 11.4 Å². The van der Waals surface area contributed by atoms with Gasteiger partial charge in [-0.25, -0.2) is 0 Å². The van der Waals surface area contributed by atoms with Gasteiger partial charge in [-0.3, -0.25) is 14.5 Å². The zero-order valence-corrected chi connectivity index (χ0v) is 15.8. The molecule has 6 nitrogen and oxygen atoms in total. The third kappa shape index (κ3) is 4.86. The van der Waals surface area contributed by atoms with E-state index in [9.17, 15) is 9.59 Å². The molecule has 2 aromatic carbocycles. The highest BCUT2D eigenvalue weighted by molar-refractivity contribution is 5.97. The van der Waals surface area contributed by atoms with Crippen molar-refractivity contribution in [2.24, 2.45) is 0 Å². The van der Waals surface area contributed by atoms with Gasteiger partial charge >= 0.3 is 0 Å². The van der Waals surface area contributed by atoms with Gasteiger partial charge < -0.3 is 15.0 Å². The first-order valence-corrected chi connectivity index (χ1v) is 9.07. The van der Waals surface area contributed by atoms with E-state index in [1.165, 1.54) is 0 Å². The fourth-order valence-electron chi connectivity index (χ4n) is 3.30. The third-order valence-corrected chi connectivity index (χ3v) is 4.56. The predicted octanol–water partition coefficient (Wildman–Crippen LogP) is 2.89. The van der Waals surface area contributed by atoms with Gasteiger partial charge in [0.25, 0.3) is 0 Å². The molecule has 1 heterocycles. The number of para-hydroxylation sites is 1. The lowest BCUT2D eigenvalue weighted by Crippen LogP contribution is -2.30. The van der Waals surface area contributed by atoms with E-state index in [0.29, 0.717) is 18.7 Å². The molecule has 1 aliphatic rings. The second-order valence-corrected chi connectivity index (χ2v) is 6.73. The van der Waals surface area contributed by atoms with Crippen LogP contribution in [0.3, 0.4) is 0 Å². The van der Waals surface area contributed by atoms with Crippen molar-refractivity contribution >= 4 is 23.2 Å². The summed E-state index contributed by atoms with van der Waals surface area (Å²) in [5.41, 5.74) is 2.56. The maximum absolute atomic E-state index is 12.4. The second kappa shape index (κ2) is 8.68. The average Bonchev–Trinajstić information content (AvgIpc) is 3.08. The van der Waals surface area contributed by atoms with Crippen molar-refractivity contribution in [2.45, 2.75) is 19.4 Å². The molecule has 1 saturated heterocycles. The summed E-state index contributed by atoms with van der Waals surface area (Å²) in [6, 6.07) is 15.2. The van der Waals surface area contributed by atoms with E-state index in [-0.39, 0.29) is 18.4 Å². The monoisotopic (exact) mass is 367 g/mol. The van der Waals surface area contributed by atoms with Crippen molar-refractivity contribution in [3.05, 3.63) is 54.1 Å². The van der Waals surface area contributed by atoms with Crippen LogP contribution in [0.2, 0.25) is 0 Å². The molecule has 6 heteroatoms. The van der Waals surface area contributed by atoms with Gasteiger partial charge in [0.05, 0.1) is 13.7 Å². The van der Waals surface area contributed by atoms with E-state index in [2.05, 4.69) is 5.32 Å². The Kier molecular flexibility index (Phi) is 6.08. The van der Waals surface area contributed by atoms with Gasteiger partial charge in [0, 0.05) is 36.4 Å². The molecule has 0 radical (unpaired) electrons. The van der Waals surface area contributed by atoms with Crippen LogP contribution in [0.15, 0.2) is 48.5 Å². The van der Waals surface area contributed by atoms with Gasteiger partial charge in [-0.15, -0.1) is 0 Å². The van der Waals surface area contributed by atoms with Crippen LogP contribution in [-0.4, -0.2) is 44.0 Å². The van der Waals surface area contributed by atoms with Gasteiger partial charge in [0.1, 0.15) is 5.75 Å². The summed E-state index contributed by atoms with van der Waals surface area (Å²) in [5, 5.41) is 2.92. The first-order valence-electron chi connectivity index (χ1n) is 9.07. The number of carbonyl (C=O) groups is 2. The molecule has 3 rings (SSSR count). The fraction of sp³-hybridized carbons (Fsp3) is 0.333. The van der Waals surface area contributed by atoms with E-state index in [1.807, 2.05) is 60.5 Å². The van der Waals surface area contributed by atoms with Crippen LogP contribution in [0.1, 0.15) is 18.4 Å². The van der Waals surface area contributed by atoms with Gasteiger partial charge in [0.15, 0.2) is 0 Å². The number of methoxy groups -OCH3 is 1. The molecule has 142 valence electrons. The molecule has 0 saturated carbocycles. The van der Waals surface area contributed by atoms with Crippen molar-refractivity contribution in [3.8, 4) is 5.75 Å². The minimum absolute atomic E-state index is 0.0997. The normalized spacial score (nSPS) is 13.9. The summed E-state index contributed by atoms with van der Waals surface area (Å²) in [6.45, 7) is 1.60. The molecule has 0 aromatic heterocycles. The molecule has 2 aromatic rings. The van der Waals surface area contributed by atoms with Gasteiger partial charge in [0.2, 0.25) is 11.8 Å². The number of nitrogens with zero attached hydrogens (tertiary/aromatic N) is 2. The van der Waals surface area contributed by atoms with Gasteiger partial charge in [-0.1, -0.05) is 24.3 Å². The molecule has 1 aliphatic heterocycles. The molecule has 1 N–H and O–H groups in total. The van der Waals surface area contributed by atoms with Gasteiger partial charge in [-0.05, 0) is 37.7 Å². The van der Waals surface area contributed by atoms with E-state index in [0.717, 1.165) is 30.0 Å². The van der Waals surface area contributed by atoms with E-state index in [4.69, 9.17) is 4.74 Å². The number of benzene rings is 2. The zero-order valence-electron chi connectivity index (χ0n) is 15.8. The Morgan fingerprint density at radius 3 is 2.78 bits per heavy atom. The Balaban J connectivity index is 1.58. The number of likely N-dealkylation sites (N-methyl/N-ethyl adjacent to an activating group) is 1. The number of anilines is 2. The van der Waals surface area contributed by atoms with Crippen molar-refractivity contribution in [3.63, 3.8) is 0 Å². The van der Waals surface area contributed by atoms with Crippen molar-refractivity contribution in [1.29, 1.82) is 0 Å². The van der Waals surface area contributed by atoms with Crippen molar-refractivity contribution in [1.82, 2.24) is 4.90 Å². The zero-order chi connectivity index (χ0) is 19.2. The average molecular weight is 367 g/mol. The molecule has 0 unspecified atom stereocenters. The lowest BCUT2D eigenvalue weighted by molar-refractivity contribution is -0.117. The highest BCUT2D eigenvalue weighted by Gasteiger charge is 2.21. The first kappa shape index (κ1) is 18.9. The standard InChI is InChI=1S/C21H25N3O3/c1-23(14-16-7-3-4-10-19(16)27-2)15-20(25)22-17-8-5-9-18(13-17)24-12-6-11-21(24)26/h3-5,7-10,13H,6,11-12,14-15H2,1-2H3,(H,22,25). The number of hydrogen-bond acceptors (Lipinski definition) is 4. The summed E-state index contributed by atoms with van der Waals surface area (Å²) in [4.78, 5) is 28.0. The molecule has 27 heavy (non-hydrogen) atoms. The van der Waals surface area contributed by atoms with Crippen LogP contribution in [0.5, 0.6) is 5.75 Å². The third-order valence-electron chi connectivity index (χ3n) is 4.56. The molecule has 0 bridgehead atoms. The number of nitrogens with one attached hydrogen (secondary N) is 1. The highest BCUT2D eigenvalue weighted by Crippen LogP contribution is 2.24. The fourth-order valence-corrected chi connectivity index (χ4v) is 3.30. The lowest BCUT2D eigenvalue weighted by atomic mass is 10.2. The summed E-state index contributed by atoms with van der Waals surface area (Å²) in [5.74, 6) is 0.847. The maximum Gasteiger partial charge on any atom is 0.238 e. The molecule has 0 atom stereocenters. The van der Waals surface area contributed by atoms with Crippen LogP contribution < -0.4 is 15.0 Å². The highest BCUT2D eigenvalue weighted by atomic mass is 16.5. The van der Waals surface area contributed by atoms with E-state index in [1.54, 1.807) is 12.0 Å². The molecular formula is C21H25N3O3. The lowest BCUT2D eigenvalue weighted by Gasteiger charge is -2.19. The number of amides is 2. The van der Waals surface area contributed by atoms with E-state index >= 15 is 0 Å². The molecule has 1 fully saturated rings. The minimum atomic E-state index is -0.0997. The Hall–Kier alpha value is -2.86. The quantitative estimate of drug-likeness (QED) is 0.817. The summed E-state index contributed by atoms with van der Waals surface area (Å²) in [6.07, 6.45) is 1.47. The number of hydrogen-bond donors (Lipinski definition) is 1. The van der Waals surface area contributed by atoms with Crippen molar-refractivity contribution < 1.29 is 14.3 Å². The molecule has 0 spiro atoms. The SMILES string of the molecule is COc1ccccc1CN(C)CC(=O)Nc1cccc(N2CCCC2=O)c1. The Morgan fingerprint density at radius 1 is 1.22 bits per heavy atom.